The number of rotatable bonds is 3. The van der Waals surface area contributed by atoms with Crippen LogP contribution >= 0.6 is 0 Å². The molecule has 0 fully saturated rings. The Balaban J connectivity index is 3.14. The number of halogens is 3. The smallest absolute Gasteiger partial charge is 0.310 e. The minimum atomic E-state index is -2.99. The van der Waals surface area contributed by atoms with Crippen LogP contribution in [-0.2, 0) is 16.0 Å². The van der Waals surface area contributed by atoms with Crippen molar-refractivity contribution in [2.24, 2.45) is 0 Å². The molecule has 0 amide bonds. The minimum absolute atomic E-state index is 0.0605. The molecule has 4 nitrogen and oxygen atoms in total. The molecule has 1 heterocycles. The molecular formula is C9H9F3N2O2. The normalized spacial score (nSPS) is 10.6. The highest BCUT2D eigenvalue weighted by Crippen LogP contribution is 2.26. The van der Waals surface area contributed by atoms with Gasteiger partial charge in [0.05, 0.1) is 19.2 Å². The van der Waals surface area contributed by atoms with Crippen LogP contribution in [0.2, 0.25) is 0 Å². The number of hydrogen-bond donors (Lipinski definition) is 1. The molecule has 0 radical (unpaired) electrons. The zero-order valence-corrected chi connectivity index (χ0v) is 8.34. The van der Waals surface area contributed by atoms with Gasteiger partial charge >= 0.3 is 5.97 Å². The summed E-state index contributed by atoms with van der Waals surface area (Å²) in [6.45, 7) is 0. The Bertz CT molecular complexity index is 410. The minimum Gasteiger partial charge on any atom is -0.469 e. The Labute approximate surface area is 89.2 Å². The van der Waals surface area contributed by atoms with Crippen molar-refractivity contribution in [1.29, 1.82) is 0 Å². The molecule has 7 heteroatoms. The zero-order valence-electron chi connectivity index (χ0n) is 8.34. The summed E-state index contributed by atoms with van der Waals surface area (Å²) >= 11 is 0. The number of hydrogen-bond acceptors (Lipinski definition) is 4. The van der Waals surface area contributed by atoms with Crippen molar-refractivity contribution in [1.82, 2.24) is 4.98 Å². The largest absolute Gasteiger partial charge is 0.469 e. The lowest BCUT2D eigenvalue weighted by Crippen LogP contribution is -2.11. The second-order valence-corrected chi connectivity index (χ2v) is 2.96. The Morgan fingerprint density at radius 3 is 2.75 bits per heavy atom. The first-order valence-corrected chi connectivity index (χ1v) is 4.25. The lowest BCUT2D eigenvalue weighted by Gasteiger charge is -2.09. The van der Waals surface area contributed by atoms with Gasteiger partial charge in [-0.2, -0.15) is 4.39 Å². The fraction of sp³-hybridized carbons (Fsp3) is 0.333. The number of nitrogens with two attached hydrogens (primary N) is 1. The Kier molecular flexibility index (Phi) is 3.70. The molecule has 0 aliphatic heterocycles. The molecule has 0 saturated heterocycles. The predicted molar refractivity (Wildman–Crippen MR) is 49.3 cm³/mol. The third kappa shape index (κ3) is 2.62. The fourth-order valence-corrected chi connectivity index (χ4v) is 1.13. The van der Waals surface area contributed by atoms with E-state index in [2.05, 4.69) is 9.72 Å². The third-order valence-electron chi connectivity index (χ3n) is 1.91. The topological polar surface area (TPSA) is 65.2 Å². The van der Waals surface area contributed by atoms with Crippen molar-refractivity contribution in [3.63, 3.8) is 0 Å². The van der Waals surface area contributed by atoms with Crippen LogP contribution in [0.15, 0.2) is 6.07 Å². The number of ether oxygens (including phenoxy) is 1. The van der Waals surface area contributed by atoms with Crippen molar-refractivity contribution >= 4 is 11.7 Å². The van der Waals surface area contributed by atoms with Crippen molar-refractivity contribution in [3.05, 3.63) is 23.3 Å². The molecule has 0 aliphatic carbocycles. The summed E-state index contributed by atoms with van der Waals surface area (Å²) in [7, 11) is 1.13. The second-order valence-electron chi connectivity index (χ2n) is 2.96. The number of aromatic nitrogens is 1. The van der Waals surface area contributed by atoms with E-state index in [1.165, 1.54) is 0 Å². The van der Waals surface area contributed by atoms with Crippen LogP contribution in [0.3, 0.4) is 0 Å². The van der Waals surface area contributed by atoms with Gasteiger partial charge in [0, 0.05) is 0 Å². The van der Waals surface area contributed by atoms with Gasteiger partial charge in [0.25, 0.3) is 6.43 Å². The standard InChI is InChI=1S/C9H9F3N2O2/c1-16-6(15)3-4-2-5(10)14-8(7(4)13)9(11)12/h2,9H,3,13H2,1H3. The molecule has 0 atom stereocenters. The van der Waals surface area contributed by atoms with Gasteiger partial charge in [-0.3, -0.25) is 4.79 Å². The van der Waals surface area contributed by atoms with Crippen LogP contribution in [0, 0.1) is 5.95 Å². The van der Waals surface area contributed by atoms with E-state index in [1.807, 2.05) is 0 Å². The average Bonchev–Trinajstić information content (AvgIpc) is 2.22. The zero-order chi connectivity index (χ0) is 12.3. The molecule has 0 aliphatic rings. The molecule has 2 N–H and O–H groups in total. The van der Waals surface area contributed by atoms with E-state index in [1.54, 1.807) is 0 Å². The predicted octanol–water partition coefficient (Wildman–Crippen LogP) is 1.46. The Morgan fingerprint density at radius 1 is 1.62 bits per heavy atom. The molecule has 1 rings (SSSR count). The number of esters is 1. The summed E-state index contributed by atoms with van der Waals surface area (Å²) in [5.41, 5.74) is 4.03. The van der Waals surface area contributed by atoms with Crippen molar-refractivity contribution in [2.75, 3.05) is 12.8 Å². The Morgan fingerprint density at radius 2 is 2.25 bits per heavy atom. The van der Waals surface area contributed by atoms with Gasteiger partial charge in [-0.1, -0.05) is 0 Å². The van der Waals surface area contributed by atoms with Crippen LogP contribution in [-0.4, -0.2) is 18.1 Å². The van der Waals surface area contributed by atoms with Crippen LogP contribution in [0.1, 0.15) is 17.7 Å². The van der Waals surface area contributed by atoms with E-state index in [9.17, 15) is 18.0 Å². The molecule has 16 heavy (non-hydrogen) atoms. The fourth-order valence-electron chi connectivity index (χ4n) is 1.13. The lowest BCUT2D eigenvalue weighted by molar-refractivity contribution is -0.139. The number of nitrogen functional groups attached to an aromatic ring is 1. The molecule has 1 aromatic heterocycles. The highest BCUT2D eigenvalue weighted by Gasteiger charge is 2.19. The van der Waals surface area contributed by atoms with Crippen LogP contribution in [0.4, 0.5) is 18.9 Å². The molecule has 0 saturated carbocycles. The lowest BCUT2D eigenvalue weighted by atomic mass is 10.1. The maximum Gasteiger partial charge on any atom is 0.310 e. The number of alkyl halides is 2. The first kappa shape index (κ1) is 12.3. The molecule has 0 aromatic carbocycles. The monoisotopic (exact) mass is 234 g/mol. The van der Waals surface area contributed by atoms with Crippen LogP contribution < -0.4 is 5.73 Å². The summed E-state index contributed by atoms with van der Waals surface area (Å²) in [6.07, 6.45) is -3.37. The summed E-state index contributed by atoms with van der Waals surface area (Å²) in [4.78, 5) is 13.9. The number of nitrogens with zero attached hydrogens (tertiary/aromatic N) is 1. The average molecular weight is 234 g/mol. The van der Waals surface area contributed by atoms with Crippen molar-refractivity contribution in [2.45, 2.75) is 12.8 Å². The van der Waals surface area contributed by atoms with E-state index in [-0.39, 0.29) is 17.7 Å². The maximum atomic E-state index is 12.9. The molecule has 0 unspecified atom stereocenters. The van der Waals surface area contributed by atoms with Crippen molar-refractivity contribution in [3.8, 4) is 0 Å². The van der Waals surface area contributed by atoms with E-state index < -0.39 is 24.0 Å². The molecule has 88 valence electrons. The number of pyridine rings is 1. The first-order valence-electron chi connectivity index (χ1n) is 4.25. The van der Waals surface area contributed by atoms with E-state index >= 15 is 0 Å². The molecule has 0 spiro atoms. The highest BCUT2D eigenvalue weighted by atomic mass is 19.3. The maximum absolute atomic E-state index is 12.9. The Hall–Kier alpha value is -1.79. The van der Waals surface area contributed by atoms with Gasteiger partial charge < -0.3 is 10.5 Å². The highest BCUT2D eigenvalue weighted by molar-refractivity contribution is 5.75. The number of carbonyl (C=O) groups is 1. The molecule has 0 bridgehead atoms. The van der Waals surface area contributed by atoms with Crippen molar-refractivity contribution < 1.29 is 22.7 Å². The van der Waals surface area contributed by atoms with Gasteiger partial charge in [0.15, 0.2) is 0 Å². The first-order chi connectivity index (χ1) is 7.45. The van der Waals surface area contributed by atoms with Gasteiger partial charge in [-0.05, 0) is 11.6 Å². The van der Waals surface area contributed by atoms with Gasteiger partial charge in [-0.15, -0.1) is 0 Å². The SMILES string of the molecule is COC(=O)Cc1cc(F)nc(C(F)F)c1N. The summed E-state index contributed by atoms with van der Waals surface area (Å²) in [5, 5.41) is 0. The van der Waals surface area contributed by atoms with Gasteiger partial charge in [0.1, 0.15) is 5.69 Å². The quantitative estimate of drug-likeness (QED) is 0.635. The number of carbonyl (C=O) groups excluding carboxylic acids is 1. The van der Waals surface area contributed by atoms with Crippen LogP contribution in [0.25, 0.3) is 0 Å². The summed E-state index contributed by atoms with van der Waals surface area (Å²) in [5.74, 6) is -1.80. The van der Waals surface area contributed by atoms with Gasteiger partial charge in [0.2, 0.25) is 5.95 Å². The van der Waals surface area contributed by atoms with E-state index in [4.69, 9.17) is 5.73 Å². The van der Waals surface area contributed by atoms with Crippen LogP contribution in [0.5, 0.6) is 0 Å². The summed E-state index contributed by atoms with van der Waals surface area (Å²) < 4.78 is 42.0. The number of methoxy groups -OCH3 is 1. The van der Waals surface area contributed by atoms with E-state index in [0.717, 1.165) is 13.2 Å². The summed E-state index contributed by atoms with van der Waals surface area (Å²) in [6, 6.07) is 0.831. The molecule has 1 aromatic rings. The van der Waals surface area contributed by atoms with Gasteiger partial charge in [-0.25, -0.2) is 13.8 Å². The molecular weight excluding hydrogens is 225 g/mol. The number of anilines is 1. The second kappa shape index (κ2) is 4.82. The van der Waals surface area contributed by atoms with E-state index in [0.29, 0.717) is 0 Å². The third-order valence-corrected chi connectivity index (χ3v) is 1.91.